The normalized spacial score (nSPS) is 10.7. The first-order valence-corrected chi connectivity index (χ1v) is 9.81. The van der Waals surface area contributed by atoms with Crippen LogP contribution in [0.3, 0.4) is 0 Å². The summed E-state index contributed by atoms with van der Waals surface area (Å²) >= 11 is 7.15. The van der Waals surface area contributed by atoms with E-state index in [-0.39, 0.29) is 17.1 Å². The summed E-state index contributed by atoms with van der Waals surface area (Å²) in [5, 5.41) is 22.5. The molecule has 0 aliphatic carbocycles. The number of non-ortho nitro benzene ring substituents is 1. The van der Waals surface area contributed by atoms with Crippen LogP contribution >= 0.6 is 23.4 Å². The molecule has 150 valence electrons. The van der Waals surface area contributed by atoms with Gasteiger partial charge in [-0.1, -0.05) is 35.5 Å². The Morgan fingerprint density at radius 3 is 2.79 bits per heavy atom. The Balaban J connectivity index is 1.71. The lowest BCUT2D eigenvalue weighted by molar-refractivity contribution is -0.384. The Hall–Kier alpha value is -2.98. The third-order valence-electron chi connectivity index (χ3n) is 3.88. The van der Waals surface area contributed by atoms with E-state index in [1.165, 1.54) is 0 Å². The highest BCUT2D eigenvalue weighted by Crippen LogP contribution is 2.26. The Labute approximate surface area is 174 Å². The van der Waals surface area contributed by atoms with Gasteiger partial charge in [-0.25, -0.2) is 4.39 Å². The van der Waals surface area contributed by atoms with Gasteiger partial charge in [0.2, 0.25) is 5.91 Å². The molecule has 29 heavy (non-hydrogen) atoms. The first kappa shape index (κ1) is 20.7. The first-order valence-electron chi connectivity index (χ1n) is 8.44. The second-order valence-corrected chi connectivity index (χ2v) is 7.20. The Morgan fingerprint density at radius 1 is 1.31 bits per heavy atom. The fraction of sp³-hybridized carbons (Fsp3) is 0.167. The van der Waals surface area contributed by atoms with Crippen molar-refractivity contribution in [3.05, 3.63) is 63.4 Å². The SMILES string of the molecule is CCn1c(SCC(=O)Nc2cc([N+](=O)[O-])ccc2F)nnc1-c1cccc(Cl)c1. The lowest BCUT2D eigenvalue weighted by Gasteiger charge is -2.08. The minimum Gasteiger partial charge on any atom is -0.323 e. The molecule has 11 heteroatoms. The number of nitro benzene ring substituents is 1. The lowest BCUT2D eigenvalue weighted by Crippen LogP contribution is -2.15. The van der Waals surface area contributed by atoms with Crippen molar-refractivity contribution >= 4 is 40.6 Å². The van der Waals surface area contributed by atoms with Crippen molar-refractivity contribution in [2.75, 3.05) is 11.1 Å². The molecule has 0 saturated carbocycles. The number of nitrogens with one attached hydrogen (secondary N) is 1. The van der Waals surface area contributed by atoms with Crippen LogP contribution in [0.5, 0.6) is 0 Å². The monoisotopic (exact) mass is 435 g/mol. The minimum absolute atomic E-state index is 0.0736. The molecule has 0 unspecified atom stereocenters. The van der Waals surface area contributed by atoms with Crippen molar-refractivity contribution in [3.8, 4) is 11.4 Å². The maximum absolute atomic E-state index is 13.8. The first-order chi connectivity index (χ1) is 13.9. The predicted octanol–water partition coefficient (Wildman–Crippen LogP) is 4.40. The van der Waals surface area contributed by atoms with Gasteiger partial charge >= 0.3 is 0 Å². The molecule has 3 rings (SSSR count). The molecular weight excluding hydrogens is 421 g/mol. The summed E-state index contributed by atoms with van der Waals surface area (Å²) in [5.41, 5.74) is 0.231. The van der Waals surface area contributed by atoms with Gasteiger partial charge in [0.25, 0.3) is 5.69 Å². The van der Waals surface area contributed by atoms with Crippen LogP contribution in [0, 0.1) is 15.9 Å². The van der Waals surface area contributed by atoms with Crippen LogP contribution in [0.25, 0.3) is 11.4 Å². The summed E-state index contributed by atoms with van der Waals surface area (Å²) < 4.78 is 15.6. The molecule has 8 nitrogen and oxygen atoms in total. The number of hydrogen-bond acceptors (Lipinski definition) is 6. The number of thioether (sulfide) groups is 1. The average Bonchev–Trinajstić information content (AvgIpc) is 3.11. The molecule has 0 fully saturated rings. The van der Waals surface area contributed by atoms with Gasteiger partial charge in [-0.3, -0.25) is 14.9 Å². The van der Waals surface area contributed by atoms with Gasteiger partial charge < -0.3 is 9.88 Å². The van der Waals surface area contributed by atoms with Gasteiger partial charge in [0.05, 0.1) is 16.4 Å². The van der Waals surface area contributed by atoms with Gasteiger partial charge in [-0.2, -0.15) is 0 Å². The van der Waals surface area contributed by atoms with Crippen molar-refractivity contribution in [3.63, 3.8) is 0 Å². The molecule has 0 radical (unpaired) electrons. The smallest absolute Gasteiger partial charge is 0.271 e. The van der Waals surface area contributed by atoms with Crippen molar-refractivity contribution < 1.29 is 14.1 Å². The number of anilines is 1. The van der Waals surface area contributed by atoms with E-state index < -0.39 is 16.6 Å². The van der Waals surface area contributed by atoms with Crippen molar-refractivity contribution in [2.45, 2.75) is 18.6 Å². The number of nitrogens with zero attached hydrogens (tertiary/aromatic N) is 4. The number of nitro groups is 1. The zero-order chi connectivity index (χ0) is 21.0. The van der Waals surface area contributed by atoms with Gasteiger partial charge in [-0.15, -0.1) is 10.2 Å². The second kappa shape index (κ2) is 9.01. The number of carbonyl (C=O) groups excluding carboxylic acids is 1. The van der Waals surface area contributed by atoms with E-state index in [1.807, 2.05) is 17.6 Å². The zero-order valence-electron chi connectivity index (χ0n) is 15.1. The van der Waals surface area contributed by atoms with E-state index in [9.17, 15) is 19.3 Å². The van der Waals surface area contributed by atoms with E-state index >= 15 is 0 Å². The third kappa shape index (κ3) is 4.90. The number of halogens is 2. The van der Waals surface area contributed by atoms with Crippen LogP contribution in [0.2, 0.25) is 5.02 Å². The Bertz CT molecular complexity index is 1080. The van der Waals surface area contributed by atoms with Crippen LogP contribution in [0.4, 0.5) is 15.8 Å². The van der Waals surface area contributed by atoms with E-state index in [2.05, 4.69) is 15.5 Å². The van der Waals surface area contributed by atoms with Gasteiger partial charge in [0.1, 0.15) is 5.82 Å². The average molecular weight is 436 g/mol. The van der Waals surface area contributed by atoms with E-state index in [1.54, 1.807) is 18.2 Å². The number of hydrogen-bond donors (Lipinski definition) is 1. The number of carbonyl (C=O) groups is 1. The molecule has 3 aromatic rings. The Morgan fingerprint density at radius 2 is 2.10 bits per heavy atom. The van der Waals surface area contributed by atoms with Gasteiger partial charge in [0, 0.05) is 29.3 Å². The summed E-state index contributed by atoms with van der Waals surface area (Å²) in [5.74, 6) is -0.739. The predicted molar refractivity (Wildman–Crippen MR) is 109 cm³/mol. The van der Waals surface area contributed by atoms with E-state index in [0.717, 1.165) is 35.5 Å². The fourth-order valence-electron chi connectivity index (χ4n) is 2.56. The molecular formula is C18H15ClFN5O3S. The molecule has 0 saturated heterocycles. The summed E-state index contributed by atoms with van der Waals surface area (Å²) in [4.78, 5) is 22.3. The molecule has 0 spiro atoms. The van der Waals surface area contributed by atoms with Crippen LogP contribution in [0.15, 0.2) is 47.6 Å². The van der Waals surface area contributed by atoms with Crippen molar-refractivity contribution in [1.82, 2.24) is 14.8 Å². The summed E-state index contributed by atoms with van der Waals surface area (Å²) in [6, 6.07) is 10.1. The zero-order valence-corrected chi connectivity index (χ0v) is 16.7. The molecule has 1 amide bonds. The minimum atomic E-state index is -0.756. The van der Waals surface area contributed by atoms with E-state index in [4.69, 9.17) is 11.6 Å². The van der Waals surface area contributed by atoms with Crippen LogP contribution in [0.1, 0.15) is 6.92 Å². The molecule has 0 aliphatic rings. The second-order valence-electron chi connectivity index (χ2n) is 5.82. The maximum Gasteiger partial charge on any atom is 0.271 e. The van der Waals surface area contributed by atoms with Crippen LogP contribution in [-0.4, -0.2) is 31.3 Å². The molecule has 0 aliphatic heterocycles. The maximum atomic E-state index is 13.8. The van der Waals surface area contributed by atoms with Crippen molar-refractivity contribution in [1.29, 1.82) is 0 Å². The number of rotatable bonds is 7. The lowest BCUT2D eigenvalue weighted by atomic mass is 10.2. The van der Waals surface area contributed by atoms with Gasteiger partial charge in [0.15, 0.2) is 11.0 Å². The Kier molecular flexibility index (Phi) is 6.45. The van der Waals surface area contributed by atoms with E-state index in [0.29, 0.717) is 22.5 Å². The number of amides is 1. The standard InChI is InChI=1S/C18H15ClFN5O3S/c1-2-24-17(11-4-3-5-12(19)8-11)22-23-18(24)29-10-16(26)21-15-9-13(25(27)28)6-7-14(15)20/h3-9H,2,10H2,1H3,(H,21,26). The topological polar surface area (TPSA) is 103 Å². The largest absolute Gasteiger partial charge is 0.323 e. The number of benzene rings is 2. The summed E-state index contributed by atoms with van der Waals surface area (Å²) in [6.45, 7) is 2.48. The quantitative estimate of drug-likeness (QED) is 0.335. The summed E-state index contributed by atoms with van der Waals surface area (Å²) in [6.07, 6.45) is 0. The van der Waals surface area contributed by atoms with Crippen molar-refractivity contribution in [2.24, 2.45) is 0 Å². The molecule has 1 aromatic heterocycles. The highest BCUT2D eigenvalue weighted by atomic mass is 35.5. The molecule has 1 heterocycles. The highest BCUT2D eigenvalue weighted by Gasteiger charge is 2.17. The molecule has 2 aromatic carbocycles. The van der Waals surface area contributed by atoms with Crippen LogP contribution < -0.4 is 5.32 Å². The highest BCUT2D eigenvalue weighted by molar-refractivity contribution is 7.99. The molecule has 0 bridgehead atoms. The molecule has 1 N–H and O–H groups in total. The molecule has 0 atom stereocenters. The van der Waals surface area contributed by atoms with Gasteiger partial charge in [-0.05, 0) is 25.1 Å². The fourth-order valence-corrected chi connectivity index (χ4v) is 3.55. The number of aromatic nitrogens is 3. The summed E-state index contributed by atoms with van der Waals surface area (Å²) in [7, 11) is 0. The van der Waals surface area contributed by atoms with Crippen LogP contribution in [-0.2, 0) is 11.3 Å². The third-order valence-corrected chi connectivity index (χ3v) is 5.08.